The van der Waals surface area contributed by atoms with Crippen LogP contribution in [0.15, 0.2) is 53.7 Å². The molecule has 0 saturated heterocycles. The number of amides is 2. The van der Waals surface area contributed by atoms with Gasteiger partial charge in [0.25, 0.3) is 5.91 Å². The van der Waals surface area contributed by atoms with Gasteiger partial charge in [0.2, 0.25) is 11.1 Å². The van der Waals surface area contributed by atoms with Gasteiger partial charge < -0.3 is 10.6 Å². The first kappa shape index (κ1) is 19.6. The predicted molar refractivity (Wildman–Crippen MR) is 108 cm³/mol. The molecular weight excluding hydrogens is 376 g/mol. The molecular formula is C19H20N6O2S. The summed E-state index contributed by atoms with van der Waals surface area (Å²) in [7, 11) is 0. The van der Waals surface area contributed by atoms with E-state index >= 15 is 0 Å². The number of hydrogen-bond acceptors (Lipinski definition) is 6. The molecule has 0 bridgehead atoms. The molecule has 0 saturated carbocycles. The second-order valence-electron chi connectivity index (χ2n) is 5.94. The Morgan fingerprint density at radius 1 is 1.14 bits per heavy atom. The second-order valence-corrected chi connectivity index (χ2v) is 6.88. The number of rotatable bonds is 7. The lowest BCUT2D eigenvalue weighted by molar-refractivity contribution is -0.113. The Morgan fingerprint density at radius 2 is 1.96 bits per heavy atom. The summed E-state index contributed by atoms with van der Waals surface area (Å²) in [5.41, 5.74) is 2.96. The molecule has 0 aliphatic rings. The van der Waals surface area contributed by atoms with Crippen LogP contribution in [-0.4, -0.2) is 44.3 Å². The van der Waals surface area contributed by atoms with Crippen LogP contribution in [0.2, 0.25) is 0 Å². The van der Waals surface area contributed by atoms with Crippen molar-refractivity contribution in [2.75, 3.05) is 17.6 Å². The maximum Gasteiger partial charge on any atom is 0.251 e. The maximum absolute atomic E-state index is 12.3. The van der Waals surface area contributed by atoms with Crippen molar-refractivity contribution in [3.05, 3.63) is 59.7 Å². The van der Waals surface area contributed by atoms with Crippen molar-refractivity contribution >= 4 is 29.3 Å². The zero-order valence-corrected chi connectivity index (χ0v) is 16.4. The predicted octanol–water partition coefficient (Wildman–Crippen LogP) is 2.45. The van der Waals surface area contributed by atoms with E-state index in [-0.39, 0.29) is 17.6 Å². The highest BCUT2D eigenvalue weighted by molar-refractivity contribution is 7.99. The summed E-state index contributed by atoms with van der Waals surface area (Å²) in [5.74, 6) is -0.250. The van der Waals surface area contributed by atoms with E-state index in [0.717, 1.165) is 11.3 Å². The first-order valence-electron chi connectivity index (χ1n) is 8.73. The molecule has 144 valence electrons. The van der Waals surface area contributed by atoms with Gasteiger partial charge in [0.1, 0.15) is 0 Å². The van der Waals surface area contributed by atoms with Gasteiger partial charge in [0, 0.05) is 17.8 Å². The van der Waals surface area contributed by atoms with E-state index < -0.39 is 0 Å². The molecule has 28 heavy (non-hydrogen) atoms. The quantitative estimate of drug-likeness (QED) is 0.595. The minimum atomic E-state index is -0.211. The van der Waals surface area contributed by atoms with E-state index in [0.29, 0.717) is 23.0 Å². The number of hydrogen-bond donors (Lipinski definition) is 2. The summed E-state index contributed by atoms with van der Waals surface area (Å²) in [6.07, 6.45) is 0. The molecule has 2 amide bonds. The van der Waals surface area contributed by atoms with E-state index in [1.54, 1.807) is 28.9 Å². The van der Waals surface area contributed by atoms with Gasteiger partial charge in [0.05, 0.1) is 11.4 Å². The van der Waals surface area contributed by atoms with Crippen LogP contribution in [0.25, 0.3) is 5.69 Å². The molecule has 0 aliphatic carbocycles. The summed E-state index contributed by atoms with van der Waals surface area (Å²) in [6, 6.07) is 14.6. The van der Waals surface area contributed by atoms with Crippen molar-refractivity contribution in [1.29, 1.82) is 0 Å². The second kappa shape index (κ2) is 9.14. The standard InChI is InChI=1S/C19H20N6O2S/c1-3-20-18(27)14-8-6-9-15(11-14)21-17(26)12-28-19-22-23-24-25(19)16-10-5-4-7-13(16)2/h4-11H,3,12H2,1-2H3,(H,20,27)(H,21,26). The maximum atomic E-state index is 12.3. The summed E-state index contributed by atoms with van der Waals surface area (Å²) in [4.78, 5) is 24.2. The smallest absolute Gasteiger partial charge is 0.251 e. The average Bonchev–Trinajstić information content (AvgIpc) is 3.15. The van der Waals surface area contributed by atoms with Gasteiger partial charge in [-0.1, -0.05) is 36.0 Å². The number of benzene rings is 2. The van der Waals surface area contributed by atoms with Gasteiger partial charge in [-0.05, 0) is 54.1 Å². The molecule has 0 spiro atoms. The number of thioether (sulfide) groups is 1. The third-order valence-electron chi connectivity index (χ3n) is 3.86. The van der Waals surface area contributed by atoms with Crippen molar-refractivity contribution in [2.24, 2.45) is 0 Å². The van der Waals surface area contributed by atoms with Gasteiger partial charge in [-0.2, -0.15) is 4.68 Å². The molecule has 3 rings (SSSR count). The minimum Gasteiger partial charge on any atom is -0.352 e. The molecule has 0 unspecified atom stereocenters. The molecule has 1 aromatic heterocycles. The SMILES string of the molecule is CCNC(=O)c1cccc(NC(=O)CSc2nnnn2-c2ccccc2C)c1. The fourth-order valence-electron chi connectivity index (χ4n) is 2.55. The van der Waals surface area contributed by atoms with Gasteiger partial charge in [-0.25, -0.2) is 0 Å². The number of carbonyl (C=O) groups is 2. The van der Waals surface area contributed by atoms with Crippen molar-refractivity contribution in [1.82, 2.24) is 25.5 Å². The number of nitrogens with zero attached hydrogens (tertiary/aromatic N) is 4. The van der Waals surface area contributed by atoms with Gasteiger partial charge >= 0.3 is 0 Å². The normalized spacial score (nSPS) is 10.5. The zero-order chi connectivity index (χ0) is 19.9. The highest BCUT2D eigenvalue weighted by Gasteiger charge is 2.13. The van der Waals surface area contributed by atoms with Gasteiger partial charge in [-0.3, -0.25) is 9.59 Å². The fourth-order valence-corrected chi connectivity index (χ4v) is 3.23. The van der Waals surface area contributed by atoms with Crippen LogP contribution in [0.4, 0.5) is 5.69 Å². The summed E-state index contributed by atoms with van der Waals surface area (Å²) < 4.78 is 1.61. The molecule has 3 aromatic rings. The van der Waals surface area contributed by atoms with E-state index in [1.165, 1.54) is 11.8 Å². The Morgan fingerprint density at radius 3 is 2.75 bits per heavy atom. The first-order valence-corrected chi connectivity index (χ1v) is 9.72. The Hall–Kier alpha value is -3.20. The monoisotopic (exact) mass is 396 g/mol. The minimum absolute atomic E-state index is 0.137. The fraction of sp³-hybridized carbons (Fsp3) is 0.211. The van der Waals surface area contributed by atoms with Crippen LogP contribution < -0.4 is 10.6 Å². The van der Waals surface area contributed by atoms with Crippen LogP contribution in [0.1, 0.15) is 22.8 Å². The number of carbonyl (C=O) groups excluding carboxylic acids is 2. The van der Waals surface area contributed by atoms with Crippen LogP contribution in [-0.2, 0) is 4.79 Å². The molecule has 8 nitrogen and oxygen atoms in total. The molecule has 2 aromatic carbocycles. The van der Waals surface area contributed by atoms with Gasteiger partial charge in [-0.15, -0.1) is 5.10 Å². The van der Waals surface area contributed by atoms with Crippen LogP contribution >= 0.6 is 11.8 Å². The summed E-state index contributed by atoms with van der Waals surface area (Å²) >= 11 is 1.24. The Kier molecular flexibility index (Phi) is 6.38. The Bertz CT molecular complexity index is 988. The van der Waals surface area contributed by atoms with Gasteiger partial charge in [0.15, 0.2) is 0 Å². The first-order chi connectivity index (χ1) is 13.6. The van der Waals surface area contributed by atoms with Crippen LogP contribution in [0, 0.1) is 6.92 Å². The Balaban J connectivity index is 1.63. The molecule has 2 N–H and O–H groups in total. The molecule has 9 heteroatoms. The molecule has 0 fully saturated rings. The number of anilines is 1. The molecule has 1 heterocycles. The lowest BCUT2D eigenvalue weighted by Crippen LogP contribution is -2.23. The van der Waals surface area contributed by atoms with Crippen LogP contribution in [0.5, 0.6) is 0 Å². The molecule has 0 aliphatic heterocycles. The third kappa shape index (κ3) is 4.74. The average molecular weight is 396 g/mol. The van der Waals surface area contributed by atoms with E-state index in [4.69, 9.17) is 0 Å². The topological polar surface area (TPSA) is 102 Å². The summed E-state index contributed by atoms with van der Waals surface area (Å²) in [6.45, 7) is 4.37. The molecule has 0 atom stereocenters. The van der Waals surface area contributed by atoms with Crippen molar-refractivity contribution < 1.29 is 9.59 Å². The lowest BCUT2D eigenvalue weighted by Gasteiger charge is -2.08. The third-order valence-corrected chi connectivity index (χ3v) is 4.78. The zero-order valence-electron chi connectivity index (χ0n) is 15.5. The number of tetrazole rings is 1. The highest BCUT2D eigenvalue weighted by atomic mass is 32.2. The van der Waals surface area contributed by atoms with Crippen molar-refractivity contribution in [3.63, 3.8) is 0 Å². The highest BCUT2D eigenvalue weighted by Crippen LogP contribution is 2.20. The number of aromatic nitrogens is 4. The van der Waals surface area contributed by atoms with E-state index in [1.807, 2.05) is 38.1 Å². The van der Waals surface area contributed by atoms with E-state index in [9.17, 15) is 9.59 Å². The lowest BCUT2D eigenvalue weighted by atomic mass is 10.2. The van der Waals surface area contributed by atoms with Crippen LogP contribution in [0.3, 0.4) is 0 Å². The van der Waals surface area contributed by atoms with Crippen molar-refractivity contribution in [2.45, 2.75) is 19.0 Å². The van der Waals surface area contributed by atoms with Crippen molar-refractivity contribution in [3.8, 4) is 5.69 Å². The Labute approximate surface area is 166 Å². The van der Waals surface area contributed by atoms with E-state index in [2.05, 4.69) is 26.2 Å². The number of aryl methyl sites for hydroxylation is 1. The largest absolute Gasteiger partial charge is 0.352 e. The summed E-state index contributed by atoms with van der Waals surface area (Å²) in [5, 5.41) is 17.8. The number of nitrogens with one attached hydrogen (secondary N) is 2. The number of para-hydroxylation sites is 1. The molecule has 0 radical (unpaired) electrons.